The van der Waals surface area contributed by atoms with Gasteiger partial charge in [0, 0.05) is 39.1 Å². The first-order valence-corrected chi connectivity index (χ1v) is 7.68. The number of fused-ring (bicyclic) bond motifs is 1. The van der Waals surface area contributed by atoms with Crippen LogP contribution in [0, 0.1) is 0 Å². The molecule has 1 aliphatic heterocycles. The first-order chi connectivity index (χ1) is 11.9. The van der Waals surface area contributed by atoms with Crippen molar-refractivity contribution in [1.82, 2.24) is 24.2 Å². The second-order valence-corrected chi connectivity index (χ2v) is 5.92. The standard InChI is InChI=1S/C15H18N6O4/c1-18(2)13(22)9-21-15(25)20-6-5-19(8-12(20)17-21)10-3-4-16-11(7-10)14(23)24/h3-4,7H,5-6,8-9H2,1-2H3,(H,23,24). The molecule has 0 saturated carbocycles. The summed E-state index contributed by atoms with van der Waals surface area (Å²) in [5, 5.41) is 13.3. The molecule has 1 amide bonds. The fourth-order valence-corrected chi connectivity index (χ4v) is 2.62. The van der Waals surface area contributed by atoms with Crippen molar-refractivity contribution in [2.75, 3.05) is 25.5 Å². The Labute approximate surface area is 142 Å². The third-order valence-corrected chi connectivity index (χ3v) is 4.04. The van der Waals surface area contributed by atoms with Crippen molar-refractivity contribution in [1.29, 1.82) is 0 Å². The third kappa shape index (κ3) is 3.23. The number of rotatable bonds is 4. The van der Waals surface area contributed by atoms with Crippen LogP contribution in [0.1, 0.15) is 16.3 Å². The van der Waals surface area contributed by atoms with Crippen LogP contribution >= 0.6 is 0 Å². The molecule has 1 aliphatic rings. The van der Waals surface area contributed by atoms with Crippen molar-refractivity contribution < 1.29 is 14.7 Å². The number of hydrogen-bond acceptors (Lipinski definition) is 6. The van der Waals surface area contributed by atoms with Crippen molar-refractivity contribution >= 4 is 17.6 Å². The van der Waals surface area contributed by atoms with Gasteiger partial charge in [-0.1, -0.05) is 0 Å². The van der Waals surface area contributed by atoms with E-state index in [0.717, 1.165) is 4.68 Å². The smallest absolute Gasteiger partial charge is 0.354 e. The average molecular weight is 346 g/mol. The van der Waals surface area contributed by atoms with Crippen LogP contribution in [0.4, 0.5) is 5.69 Å². The van der Waals surface area contributed by atoms with E-state index in [-0.39, 0.29) is 23.8 Å². The lowest BCUT2D eigenvalue weighted by Crippen LogP contribution is -2.38. The minimum atomic E-state index is -1.10. The second-order valence-electron chi connectivity index (χ2n) is 5.92. The van der Waals surface area contributed by atoms with Gasteiger partial charge in [-0.05, 0) is 12.1 Å². The molecule has 0 atom stereocenters. The summed E-state index contributed by atoms with van der Waals surface area (Å²) in [4.78, 5) is 42.3. The SMILES string of the molecule is CN(C)C(=O)Cn1nc2n(c1=O)CCN(c1ccnc(C(=O)O)c1)C2. The summed E-state index contributed by atoms with van der Waals surface area (Å²) in [7, 11) is 3.24. The average Bonchev–Trinajstić information content (AvgIpc) is 2.90. The van der Waals surface area contributed by atoms with E-state index in [1.165, 1.54) is 17.2 Å². The van der Waals surface area contributed by atoms with Gasteiger partial charge in [0.25, 0.3) is 0 Å². The van der Waals surface area contributed by atoms with Gasteiger partial charge in [0.15, 0.2) is 5.82 Å². The molecule has 0 spiro atoms. The summed E-state index contributed by atoms with van der Waals surface area (Å²) >= 11 is 0. The highest BCUT2D eigenvalue weighted by atomic mass is 16.4. The monoisotopic (exact) mass is 346 g/mol. The molecular formula is C15H18N6O4. The second kappa shape index (κ2) is 6.38. The molecule has 1 N–H and O–H groups in total. The van der Waals surface area contributed by atoms with Gasteiger partial charge in [0.05, 0.1) is 6.54 Å². The largest absolute Gasteiger partial charge is 0.477 e. The number of anilines is 1. The number of aromatic carboxylic acids is 1. The van der Waals surface area contributed by atoms with Crippen LogP contribution in [-0.2, 0) is 24.4 Å². The number of amides is 1. The summed E-state index contributed by atoms with van der Waals surface area (Å²) in [5.41, 5.74) is 0.346. The van der Waals surface area contributed by atoms with Crippen LogP contribution < -0.4 is 10.6 Å². The molecule has 0 radical (unpaired) electrons. The van der Waals surface area contributed by atoms with Crippen molar-refractivity contribution in [3.63, 3.8) is 0 Å². The lowest BCUT2D eigenvalue weighted by molar-refractivity contribution is -0.129. The molecule has 0 bridgehead atoms. The maximum atomic E-state index is 12.3. The lowest BCUT2D eigenvalue weighted by Gasteiger charge is -2.28. The van der Waals surface area contributed by atoms with Crippen LogP contribution in [0.2, 0.25) is 0 Å². The number of hydrogen-bond donors (Lipinski definition) is 1. The minimum Gasteiger partial charge on any atom is -0.477 e. The van der Waals surface area contributed by atoms with Crippen molar-refractivity contribution in [3.8, 4) is 0 Å². The topological polar surface area (TPSA) is 114 Å². The summed E-state index contributed by atoms with van der Waals surface area (Å²) in [6, 6.07) is 3.20. The summed E-state index contributed by atoms with van der Waals surface area (Å²) < 4.78 is 2.70. The molecule has 0 saturated heterocycles. The Balaban J connectivity index is 1.84. The predicted octanol–water partition coefficient (Wildman–Crippen LogP) is -0.754. The van der Waals surface area contributed by atoms with Crippen LogP contribution in [0.15, 0.2) is 23.1 Å². The first kappa shape index (κ1) is 16.7. The summed E-state index contributed by atoms with van der Waals surface area (Å²) in [6.07, 6.45) is 1.44. The van der Waals surface area contributed by atoms with Gasteiger partial charge in [-0.2, -0.15) is 5.10 Å². The number of carboxylic acids is 1. The van der Waals surface area contributed by atoms with E-state index in [2.05, 4.69) is 10.1 Å². The van der Waals surface area contributed by atoms with Gasteiger partial charge in [-0.25, -0.2) is 19.3 Å². The third-order valence-electron chi connectivity index (χ3n) is 4.04. The van der Waals surface area contributed by atoms with Crippen molar-refractivity contribution in [2.24, 2.45) is 0 Å². The lowest BCUT2D eigenvalue weighted by atomic mass is 10.2. The maximum absolute atomic E-state index is 12.3. The van der Waals surface area contributed by atoms with E-state index in [1.54, 1.807) is 24.7 Å². The molecule has 2 aromatic heterocycles. The van der Waals surface area contributed by atoms with Crippen LogP contribution in [-0.4, -0.2) is 61.9 Å². The van der Waals surface area contributed by atoms with Crippen molar-refractivity contribution in [2.45, 2.75) is 19.6 Å². The Morgan fingerprint density at radius 3 is 2.76 bits per heavy atom. The minimum absolute atomic E-state index is 0.0393. The molecule has 10 heteroatoms. The number of carbonyl (C=O) groups excluding carboxylic acids is 1. The molecule has 132 valence electrons. The number of likely N-dealkylation sites (N-methyl/N-ethyl adjacent to an activating group) is 1. The fraction of sp³-hybridized carbons (Fsp3) is 0.400. The highest BCUT2D eigenvalue weighted by Crippen LogP contribution is 2.19. The van der Waals surface area contributed by atoms with E-state index in [4.69, 9.17) is 5.11 Å². The molecule has 0 aliphatic carbocycles. The zero-order valence-electron chi connectivity index (χ0n) is 13.9. The van der Waals surface area contributed by atoms with Crippen molar-refractivity contribution in [3.05, 3.63) is 40.3 Å². The van der Waals surface area contributed by atoms with Gasteiger partial charge >= 0.3 is 11.7 Å². The molecular weight excluding hydrogens is 328 g/mol. The molecule has 3 heterocycles. The predicted molar refractivity (Wildman–Crippen MR) is 87.4 cm³/mol. The summed E-state index contributed by atoms with van der Waals surface area (Å²) in [6.45, 7) is 1.18. The number of carboxylic acid groups (broad SMARTS) is 1. The Hall–Kier alpha value is -3.17. The van der Waals surface area contributed by atoms with E-state index < -0.39 is 5.97 Å². The number of pyridine rings is 1. The van der Waals surface area contributed by atoms with E-state index >= 15 is 0 Å². The molecule has 25 heavy (non-hydrogen) atoms. The first-order valence-electron chi connectivity index (χ1n) is 7.68. The number of nitrogens with zero attached hydrogens (tertiary/aromatic N) is 6. The number of aromatic nitrogens is 4. The Morgan fingerprint density at radius 2 is 2.08 bits per heavy atom. The van der Waals surface area contributed by atoms with Crippen LogP contribution in [0.5, 0.6) is 0 Å². The van der Waals surface area contributed by atoms with Crippen LogP contribution in [0.25, 0.3) is 0 Å². The zero-order chi connectivity index (χ0) is 18.1. The molecule has 0 aromatic carbocycles. The molecule has 10 nitrogen and oxygen atoms in total. The van der Waals surface area contributed by atoms with Gasteiger partial charge in [-0.15, -0.1) is 0 Å². The van der Waals surface area contributed by atoms with Gasteiger partial charge in [-0.3, -0.25) is 9.36 Å². The highest BCUT2D eigenvalue weighted by molar-refractivity contribution is 5.86. The normalized spacial score (nSPS) is 13.4. The Morgan fingerprint density at radius 1 is 1.32 bits per heavy atom. The molecule has 3 rings (SSSR count). The highest BCUT2D eigenvalue weighted by Gasteiger charge is 2.23. The van der Waals surface area contributed by atoms with Crippen LogP contribution in [0.3, 0.4) is 0 Å². The quantitative estimate of drug-likeness (QED) is 0.774. The van der Waals surface area contributed by atoms with E-state index in [9.17, 15) is 14.4 Å². The number of carbonyl (C=O) groups is 2. The van der Waals surface area contributed by atoms with E-state index in [0.29, 0.717) is 31.1 Å². The molecule has 0 unspecified atom stereocenters. The van der Waals surface area contributed by atoms with Gasteiger partial charge in [0.1, 0.15) is 12.2 Å². The molecule has 2 aromatic rings. The van der Waals surface area contributed by atoms with Gasteiger partial charge in [0.2, 0.25) is 5.91 Å². The summed E-state index contributed by atoms with van der Waals surface area (Å²) in [5.74, 6) is -0.770. The maximum Gasteiger partial charge on any atom is 0.354 e. The zero-order valence-corrected chi connectivity index (χ0v) is 13.9. The van der Waals surface area contributed by atoms with E-state index in [1.807, 2.05) is 4.90 Å². The van der Waals surface area contributed by atoms with Gasteiger partial charge < -0.3 is 14.9 Å². The molecule has 0 fully saturated rings. The Kier molecular flexibility index (Phi) is 4.26. The fourth-order valence-electron chi connectivity index (χ4n) is 2.62. The Bertz CT molecular complexity index is 884.